The fraction of sp³-hybridized carbons (Fsp3) is 0.278. The van der Waals surface area contributed by atoms with Crippen molar-refractivity contribution in [3.63, 3.8) is 0 Å². The van der Waals surface area contributed by atoms with E-state index in [4.69, 9.17) is 4.42 Å². The van der Waals surface area contributed by atoms with Crippen molar-refractivity contribution in [2.45, 2.75) is 26.1 Å². The van der Waals surface area contributed by atoms with Gasteiger partial charge in [-0.3, -0.25) is 4.79 Å². The van der Waals surface area contributed by atoms with E-state index in [2.05, 4.69) is 5.32 Å². The van der Waals surface area contributed by atoms with Crippen LogP contribution in [0.25, 0.3) is 6.08 Å². The van der Waals surface area contributed by atoms with Gasteiger partial charge < -0.3 is 9.73 Å². The number of benzene rings is 1. The maximum absolute atomic E-state index is 12.9. The molecule has 2 rings (SSSR count). The number of amides is 1. The number of hydrogen-bond acceptors (Lipinski definition) is 2. The highest BCUT2D eigenvalue weighted by atomic mass is 19.4. The second-order valence-corrected chi connectivity index (χ2v) is 5.70. The Hall–Kier alpha value is -2.50. The summed E-state index contributed by atoms with van der Waals surface area (Å²) in [4.78, 5) is 12.0. The first kappa shape index (κ1) is 17.8. The van der Waals surface area contributed by atoms with Gasteiger partial charge >= 0.3 is 6.18 Å². The van der Waals surface area contributed by atoms with Crippen LogP contribution in [0.15, 0.2) is 53.2 Å². The molecule has 1 aromatic carbocycles. The number of carbonyl (C=O) groups excluding carboxylic acids is 1. The zero-order valence-electron chi connectivity index (χ0n) is 13.3. The Bertz CT molecular complexity index is 703. The van der Waals surface area contributed by atoms with E-state index in [9.17, 15) is 18.0 Å². The fourth-order valence-corrected chi connectivity index (χ4v) is 2.29. The smallest absolute Gasteiger partial charge is 0.416 e. The van der Waals surface area contributed by atoms with E-state index in [1.165, 1.54) is 24.5 Å². The van der Waals surface area contributed by atoms with Crippen LogP contribution >= 0.6 is 0 Å². The minimum atomic E-state index is -4.42. The quantitative estimate of drug-likeness (QED) is 0.795. The Morgan fingerprint density at radius 3 is 2.54 bits per heavy atom. The Morgan fingerprint density at radius 2 is 1.96 bits per heavy atom. The summed E-state index contributed by atoms with van der Waals surface area (Å²) in [6.45, 7) is 3.67. The Morgan fingerprint density at radius 1 is 1.21 bits per heavy atom. The molecule has 1 heterocycles. The van der Waals surface area contributed by atoms with Crippen molar-refractivity contribution >= 4 is 12.0 Å². The molecule has 6 heteroatoms. The Balaban J connectivity index is 2.16. The first-order valence-corrected chi connectivity index (χ1v) is 7.46. The summed E-state index contributed by atoms with van der Waals surface area (Å²) in [5.74, 6) is 0.0438. The topological polar surface area (TPSA) is 42.2 Å². The van der Waals surface area contributed by atoms with Gasteiger partial charge in [0.25, 0.3) is 0 Å². The molecule has 0 saturated carbocycles. The third-order valence-corrected chi connectivity index (χ3v) is 3.48. The molecule has 0 aliphatic carbocycles. The van der Waals surface area contributed by atoms with Gasteiger partial charge in [-0.25, -0.2) is 0 Å². The molecular formula is C18H18F3NO2. The molecule has 24 heavy (non-hydrogen) atoms. The summed E-state index contributed by atoms with van der Waals surface area (Å²) in [5, 5.41) is 2.74. The summed E-state index contributed by atoms with van der Waals surface area (Å²) in [5.41, 5.74) is -0.314. The minimum Gasteiger partial charge on any atom is -0.465 e. The highest BCUT2D eigenvalue weighted by molar-refractivity contribution is 5.91. The molecule has 1 amide bonds. The van der Waals surface area contributed by atoms with Crippen LogP contribution in [0.5, 0.6) is 0 Å². The van der Waals surface area contributed by atoms with Crippen molar-refractivity contribution in [1.29, 1.82) is 0 Å². The van der Waals surface area contributed by atoms with E-state index >= 15 is 0 Å². The average molecular weight is 337 g/mol. The first-order chi connectivity index (χ1) is 11.3. The lowest BCUT2D eigenvalue weighted by Gasteiger charge is -2.23. The predicted octanol–water partition coefficient (Wildman–Crippen LogP) is 4.83. The Labute approximate surface area is 138 Å². The van der Waals surface area contributed by atoms with E-state index in [-0.39, 0.29) is 5.92 Å². The molecule has 0 fully saturated rings. The Kier molecular flexibility index (Phi) is 5.49. The lowest BCUT2D eigenvalue weighted by atomic mass is 9.94. The van der Waals surface area contributed by atoms with Crippen molar-refractivity contribution in [2.75, 3.05) is 0 Å². The number of furan rings is 1. The largest absolute Gasteiger partial charge is 0.465 e. The molecule has 0 aliphatic rings. The highest BCUT2D eigenvalue weighted by Crippen LogP contribution is 2.32. The van der Waals surface area contributed by atoms with Crippen LogP contribution in [0.1, 0.15) is 36.8 Å². The van der Waals surface area contributed by atoms with Crippen molar-refractivity contribution < 1.29 is 22.4 Å². The van der Waals surface area contributed by atoms with E-state index in [0.717, 1.165) is 12.1 Å². The third kappa shape index (κ3) is 4.75. The van der Waals surface area contributed by atoms with Crippen molar-refractivity contribution in [2.24, 2.45) is 5.92 Å². The van der Waals surface area contributed by atoms with Crippen molar-refractivity contribution in [3.8, 4) is 0 Å². The summed E-state index contributed by atoms with van der Waals surface area (Å²) in [6, 6.07) is 7.87. The molecule has 128 valence electrons. The van der Waals surface area contributed by atoms with Gasteiger partial charge in [0.15, 0.2) is 0 Å². The van der Waals surface area contributed by atoms with E-state index in [1.807, 2.05) is 13.8 Å². The third-order valence-electron chi connectivity index (χ3n) is 3.48. The zero-order chi connectivity index (χ0) is 17.7. The van der Waals surface area contributed by atoms with Gasteiger partial charge in [-0.15, -0.1) is 0 Å². The zero-order valence-corrected chi connectivity index (χ0v) is 13.3. The number of halogens is 3. The summed E-state index contributed by atoms with van der Waals surface area (Å²) >= 11 is 0. The van der Waals surface area contributed by atoms with E-state index in [0.29, 0.717) is 11.3 Å². The maximum atomic E-state index is 12.9. The van der Waals surface area contributed by atoms with Gasteiger partial charge in [-0.2, -0.15) is 13.2 Å². The molecule has 1 atom stereocenters. The first-order valence-electron chi connectivity index (χ1n) is 7.46. The monoisotopic (exact) mass is 337 g/mol. The lowest BCUT2D eigenvalue weighted by Crippen LogP contribution is -2.30. The molecule has 1 aromatic heterocycles. The molecular weight excluding hydrogens is 319 g/mol. The molecule has 1 N–H and O–H groups in total. The molecule has 0 saturated heterocycles. The van der Waals surface area contributed by atoms with Gasteiger partial charge in [0.2, 0.25) is 5.91 Å². The molecule has 3 nitrogen and oxygen atoms in total. The maximum Gasteiger partial charge on any atom is 0.416 e. The fourth-order valence-electron chi connectivity index (χ4n) is 2.29. The van der Waals surface area contributed by atoms with Crippen molar-refractivity contribution in [3.05, 3.63) is 65.6 Å². The predicted molar refractivity (Wildman–Crippen MR) is 84.9 cm³/mol. The van der Waals surface area contributed by atoms with Crippen LogP contribution in [0.4, 0.5) is 13.2 Å². The van der Waals surface area contributed by atoms with Gasteiger partial charge in [0.05, 0.1) is 17.9 Å². The van der Waals surface area contributed by atoms with Crippen LogP contribution in [-0.2, 0) is 11.0 Å². The normalized spacial score (nSPS) is 13.4. The SMILES string of the molecule is CC(C)C(NC(=O)/C=C/c1ccco1)c1cccc(C(F)(F)F)c1. The molecule has 1 unspecified atom stereocenters. The average Bonchev–Trinajstić information content (AvgIpc) is 3.03. The van der Waals surface area contributed by atoms with Gasteiger partial charge in [-0.05, 0) is 41.8 Å². The van der Waals surface area contributed by atoms with Crippen molar-refractivity contribution in [1.82, 2.24) is 5.32 Å². The number of hydrogen-bond donors (Lipinski definition) is 1. The van der Waals surface area contributed by atoms with Gasteiger partial charge in [0.1, 0.15) is 5.76 Å². The standard InChI is InChI=1S/C18H18F3NO2/c1-12(2)17(13-5-3-6-14(11-13)18(19,20)21)22-16(23)9-8-15-7-4-10-24-15/h3-12,17H,1-2H3,(H,22,23)/b9-8+. The van der Waals surface area contributed by atoms with Crippen LogP contribution < -0.4 is 5.32 Å². The second kappa shape index (κ2) is 7.38. The van der Waals surface area contributed by atoms with E-state index in [1.54, 1.807) is 18.2 Å². The highest BCUT2D eigenvalue weighted by Gasteiger charge is 2.31. The van der Waals surface area contributed by atoms with Gasteiger partial charge in [0, 0.05) is 6.08 Å². The molecule has 2 aromatic rings. The molecule has 0 radical (unpaired) electrons. The molecule has 0 spiro atoms. The van der Waals surface area contributed by atoms with Gasteiger partial charge in [-0.1, -0.05) is 26.0 Å². The van der Waals surface area contributed by atoms with E-state index < -0.39 is 23.7 Å². The lowest BCUT2D eigenvalue weighted by molar-refractivity contribution is -0.137. The van der Waals surface area contributed by atoms with Crippen LogP contribution in [-0.4, -0.2) is 5.91 Å². The number of alkyl halides is 3. The number of rotatable bonds is 5. The van der Waals surface area contributed by atoms with Crippen LogP contribution in [0.2, 0.25) is 0 Å². The summed E-state index contributed by atoms with van der Waals surface area (Å²) in [7, 11) is 0. The van der Waals surface area contributed by atoms with Crippen LogP contribution in [0, 0.1) is 5.92 Å². The molecule has 0 aliphatic heterocycles. The summed E-state index contributed by atoms with van der Waals surface area (Å²) < 4.78 is 43.7. The summed E-state index contributed by atoms with van der Waals surface area (Å²) in [6.07, 6.45) is -0.140. The number of carbonyl (C=O) groups is 1. The minimum absolute atomic E-state index is 0.0746. The number of nitrogens with one attached hydrogen (secondary N) is 1. The second-order valence-electron chi connectivity index (χ2n) is 5.70. The molecule has 0 bridgehead atoms. The van der Waals surface area contributed by atoms with Crippen LogP contribution in [0.3, 0.4) is 0 Å².